The van der Waals surface area contributed by atoms with E-state index in [0.717, 1.165) is 16.5 Å². The van der Waals surface area contributed by atoms with Gasteiger partial charge in [-0.3, -0.25) is 14.9 Å². The topological polar surface area (TPSA) is 71.1 Å². The summed E-state index contributed by atoms with van der Waals surface area (Å²) < 4.78 is 0. The van der Waals surface area contributed by atoms with Gasteiger partial charge in [-0.15, -0.1) is 11.3 Å². The number of nitrogens with zero attached hydrogens (tertiary/aromatic N) is 1. The second-order valence-electron chi connectivity index (χ2n) is 6.22. The maximum atomic E-state index is 12.4. The summed E-state index contributed by atoms with van der Waals surface area (Å²) in [6, 6.07) is 22.6. The van der Waals surface area contributed by atoms with E-state index in [9.17, 15) is 9.59 Å². The second kappa shape index (κ2) is 8.02. The van der Waals surface area contributed by atoms with Crippen molar-refractivity contribution in [3.05, 3.63) is 89.4 Å². The number of carbonyl (C=O) groups excluding carboxylic acids is 2. The fourth-order valence-electron chi connectivity index (χ4n) is 2.90. The molecule has 0 saturated heterocycles. The number of aromatic nitrogens is 1. The van der Waals surface area contributed by atoms with Gasteiger partial charge in [-0.2, -0.15) is 0 Å². The average Bonchev–Trinajstić information content (AvgIpc) is 3.15. The summed E-state index contributed by atoms with van der Waals surface area (Å²) in [6.07, 6.45) is 0.140. The Morgan fingerprint density at radius 3 is 2.46 bits per heavy atom. The molecule has 1 aromatic heterocycles. The third-order valence-electron chi connectivity index (χ3n) is 4.21. The zero-order chi connectivity index (χ0) is 19.3. The maximum absolute atomic E-state index is 12.4. The molecule has 0 saturated carbocycles. The first kappa shape index (κ1) is 17.9. The van der Waals surface area contributed by atoms with Gasteiger partial charge in [0.2, 0.25) is 5.91 Å². The Kier molecular flexibility index (Phi) is 5.12. The molecule has 0 unspecified atom stereocenters. The van der Waals surface area contributed by atoms with Crippen LogP contribution in [0.15, 0.2) is 78.2 Å². The van der Waals surface area contributed by atoms with Gasteiger partial charge in [0, 0.05) is 22.0 Å². The Morgan fingerprint density at radius 1 is 0.857 bits per heavy atom. The highest BCUT2D eigenvalue weighted by atomic mass is 32.1. The lowest BCUT2D eigenvalue weighted by atomic mass is 10.1. The van der Waals surface area contributed by atoms with Crippen LogP contribution in [-0.2, 0) is 11.2 Å². The summed E-state index contributed by atoms with van der Waals surface area (Å²) in [7, 11) is 0. The third-order valence-corrected chi connectivity index (χ3v) is 5.02. The van der Waals surface area contributed by atoms with Crippen molar-refractivity contribution in [2.75, 3.05) is 10.6 Å². The first-order chi connectivity index (χ1) is 13.7. The normalized spacial score (nSPS) is 10.6. The van der Waals surface area contributed by atoms with Crippen LogP contribution in [0.3, 0.4) is 0 Å². The molecule has 0 bridgehead atoms. The number of amides is 2. The number of nitrogens with one attached hydrogen (secondary N) is 2. The maximum Gasteiger partial charge on any atom is 0.257 e. The molecule has 0 aliphatic rings. The zero-order valence-electron chi connectivity index (χ0n) is 14.9. The molecule has 4 rings (SSSR count). The predicted molar refractivity (Wildman–Crippen MR) is 113 cm³/mol. The van der Waals surface area contributed by atoms with Crippen LogP contribution < -0.4 is 10.6 Å². The molecule has 138 valence electrons. The number of benzene rings is 3. The molecule has 4 aromatic rings. The van der Waals surface area contributed by atoms with Crippen LogP contribution in [-0.4, -0.2) is 16.8 Å². The number of hydrogen-bond donors (Lipinski definition) is 2. The SMILES string of the molecule is O=C(Cc1csc(NC(=O)c2ccccc2)n1)Nc1cccc2ccccc12. The quantitative estimate of drug-likeness (QED) is 0.520. The van der Waals surface area contributed by atoms with Crippen molar-refractivity contribution >= 4 is 44.7 Å². The lowest BCUT2D eigenvalue weighted by Gasteiger charge is -2.08. The number of rotatable bonds is 5. The number of carbonyl (C=O) groups is 2. The van der Waals surface area contributed by atoms with Crippen molar-refractivity contribution in [1.29, 1.82) is 0 Å². The summed E-state index contributed by atoms with van der Waals surface area (Å²) in [4.78, 5) is 29.0. The zero-order valence-corrected chi connectivity index (χ0v) is 15.7. The van der Waals surface area contributed by atoms with E-state index in [2.05, 4.69) is 15.6 Å². The van der Waals surface area contributed by atoms with Gasteiger partial charge in [0.25, 0.3) is 5.91 Å². The van der Waals surface area contributed by atoms with E-state index >= 15 is 0 Å². The first-order valence-electron chi connectivity index (χ1n) is 8.77. The molecular formula is C22H17N3O2S. The van der Waals surface area contributed by atoms with Crippen LogP contribution >= 0.6 is 11.3 Å². The number of anilines is 2. The van der Waals surface area contributed by atoms with Gasteiger partial charge in [-0.05, 0) is 23.6 Å². The predicted octanol–water partition coefficient (Wildman–Crippen LogP) is 4.73. The fourth-order valence-corrected chi connectivity index (χ4v) is 3.60. The molecule has 5 nitrogen and oxygen atoms in total. The van der Waals surface area contributed by atoms with E-state index in [0.29, 0.717) is 16.4 Å². The minimum atomic E-state index is -0.221. The first-order valence-corrected chi connectivity index (χ1v) is 9.65. The standard InChI is InChI=1S/C22H17N3O2S/c26-20(24-19-12-6-10-15-7-4-5-11-18(15)19)13-17-14-28-22(23-17)25-21(27)16-8-2-1-3-9-16/h1-12,14H,13H2,(H,24,26)(H,23,25,27). The molecule has 28 heavy (non-hydrogen) atoms. The largest absolute Gasteiger partial charge is 0.325 e. The van der Waals surface area contributed by atoms with Gasteiger partial charge in [0.05, 0.1) is 12.1 Å². The van der Waals surface area contributed by atoms with Crippen LogP contribution in [0.4, 0.5) is 10.8 Å². The number of thiazole rings is 1. The van der Waals surface area contributed by atoms with Gasteiger partial charge < -0.3 is 5.32 Å². The Labute approximate surface area is 166 Å². The van der Waals surface area contributed by atoms with Crippen LogP contribution in [0.1, 0.15) is 16.1 Å². The molecule has 0 aliphatic heterocycles. The highest BCUT2D eigenvalue weighted by Gasteiger charge is 2.12. The molecule has 6 heteroatoms. The molecule has 0 atom stereocenters. The summed E-state index contributed by atoms with van der Waals surface area (Å²) in [6.45, 7) is 0. The molecule has 3 aromatic carbocycles. The van der Waals surface area contributed by atoms with Gasteiger partial charge in [0.15, 0.2) is 5.13 Å². The van der Waals surface area contributed by atoms with Gasteiger partial charge in [-0.1, -0.05) is 54.6 Å². The van der Waals surface area contributed by atoms with Crippen molar-refractivity contribution in [2.45, 2.75) is 6.42 Å². The number of hydrogen-bond acceptors (Lipinski definition) is 4. The highest BCUT2D eigenvalue weighted by molar-refractivity contribution is 7.14. The van der Waals surface area contributed by atoms with Gasteiger partial charge in [0.1, 0.15) is 0 Å². The molecule has 2 N–H and O–H groups in total. The highest BCUT2D eigenvalue weighted by Crippen LogP contribution is 2.23. The second-order valence-corrected chi connectivity index (χ2v) is 7.07. The van der Waals surface area contributed by atoms with Crippen molar-refractivity contribution in [3.63, 3.8) is 0 Å². The van der Waals surface area contributed by atoms with Crippen LogP contribution in [0.2, 0.25) is 0 Å². The fraction of sp³-hybridized carbons (Fsp3) is 0.0455. The summed E-state index contributed by atoms with van der Waals surface area (Å²) in [5, 5.41) is 10.0. The Hall–Kier alpha value is -3.51. The Bertz CT molecular complexity index is 1130. The van der Waals surface area contributed by atoms with Crippen molar-refractivity contribution in [2.24, 2.45) is 0 Å². The third kappa shape index (κ3) is 4.07. The van der Waals surface area contributed by atoms with Crippen LogP contribution in [0.25, 0.3) is 10.8 Å². The monoisotopic (exact) mass is 387 g/mol. The van der Waals surface area contributed by atoms with Crippen molar-refractivity contribution in [1.82, 2.24) is 4.98 Å². The lowest BCUT2D eigenvalue weighted by Crippen LogP contribution is -2.15. The van der Waals surface area contributed by atoms with Crippen LogP contribution in [0.5, 0.6) is 0 Å². The van der Waals surface area contributed by atoms with Crippen molar-refractivity contribution < 1.29 is 9.59 Å². The summed E-state index contributed by atoms with van der Waals surface area (Å²) in [5.41, 5.74) is 1.95. The summed E-state index contributed by atoms with van der Waals surface area (Å²) in [5.74, 6) is -0.371. The smallest absolute Gasteiger partial charge is 0.257 e. The molecule has 2 amide bonds. The average molecular weight is 387 g/mol. The Balaban J connectivity index is 1.41. The molecule has 1 heterocycles. The molecule has 0 fully saturated rings. The minimum Gasteiger partial charge on any atom is -0.325 e. The van der Waals surface area contributed by atoms with Crippen molar-refractivity contribution in [3.8, 4) is 0 Å². The summed E-state index contributed by atoms with van der Waals surface area (Å²) >= 11 is 1.30. The van der Waals surface area contributed by atoms with E-state index in [-0.39, 0.29) is 18.2 Å². The number of fused-ring (bicyclic) bond motifs is 1. The van der Waals surface area contributed by atoms with Gasteiger partial charge in [-0.25, -0.2) is 4.98 Å². The van der Waals surface area contributed by atoms with E-state index < -0.39 is 0 Å². The van der Waals surface area contributed by atoms with Crippen LogP contribution in [0, 0.1) is 0 Å². The lowest BCUT2D eigenvalue weighted by molar-refractivity contribution is -0.115. The van der Waals surface area contributed by atoms with E-state index in [4.69, 9.17) is 0 Å². The van der Waals surface area contributed by atoms with E-state index in [1.807, 2.05) is 48.5 Å². The molecule has 0 spiro atoms. The minimum absolute atomic E-state index is 0.140. The molecular weight excluding hydrogens is 370 g/mol. The van der Waals surface area contributed by atoms with E-state index in [1.165, 1.54) is 11.3 Å². The molecule has 0 radical (unpaired) electrons. The molecule has 0 aliphatic carbocycles. The van der Waals surface area contributed by atoms with Gasteiger partial charge >= 0.3 is 0 Å². The Morgan fingerprint density at radius 2 is 1.61 bits per heavy atom. The van der Waals surface area contributed by atoms with E-state index in [1.54, 1.807) is 29.6 Å².